The van der Waals surface area contributed by atoms with Crippen LogP contribution in [0.2, 0.25) is 0 Å². The minimum atomic E-state index is -1.66. The summed E-state index contributed by atoms with van der Waals surface area (Å²) in [4.78, 5) is 2.09. The Morgan fingerprint density at radius 2 is 1.94 bits per heavy atom. The second-order valence-electron chi connectivity index (χ2n) is 4.39. The maximum atomic E-state index is 13.3. The maximum absolute atomic E-state index is 13.3. The van der Waals surface area contributed by atoms with Gasteiger partial charge in [-0.1, -0.05) is 6.07 Å². The first-order chi connectivity index (χ1) is 8.54. The molecule has 1 aromatic carbocycles. The lowest BCUT2D eigenvalue weighted by Crippen LogP contribution is -2.37. The molecule has 4 nitrogen and oxygen atoms in total. The van der Waals surface area contributed by atoms with Crippen LogP contribution in [0.4, 0.5) is 4.39 Å². The Bertz CT molecular complexity index is 448. The fourth-order valence-corrected chi connectivity index (χ4v) is 3.14. The molecule has 0 atom stereocenters. The van der Waals surface area contributed by atoms with Gasteiger partial charge in [-0.2, -0.15) is 0 Å². The Balaban J connectivity index is 2.06. The molecule has 0 saturated carbocycles. The zero-order valence-corrected chi connectivity index (χ0v) is 10.7. The van der Waals surface area contributed by atoms with E-state index in [9.17, 15) is 8.60 Å². The van der Waals surface area contributed by atoms with Crippen molar-refractivity contribution in [3.05, 3.63) is 29.6 Å². The molecule has 1 heterocycles. The van der Waals surface area contributed by atoms with Crippen molar-refractivity contribution in [2.45, 2.75) is 6.54 Å². The average molecular weight is 271 g/mol. The number of benzene rings is 1. The molecule has 7 heteroatoms. The third-order valence-corrected chi connectivity index (χ3v) is 4.23. The van der Waals surface area contributed by atoms with Gasteiger partial charge in [0, 0.05) is 41.9 Å². The van der Waals surface area contributed by atoms with E-state index in [1.165, 1.54) is 6.07 Å². The summed E-state index contributed by atoms with van der Waals surface area (Å²) in [7, 11) is -2.39. The molecule has 0 aromatic heterocycles. The van der Waals surface area contributed by atoms with Gasteiger partial charge < -0.3 is 10.0 Å². The van der Waals surface area contributed by atoms with Gasteiger partial charge in [-0.3, -0.25) is 9.11 Å². The van der Waals surface area contributed by atoms with E-state index in [0.717, 1.165) is 19.2 Å². The summed E-state index contributed by atoms with van der Waals surface area (Å²) >= 11 is 0. The van der Waals surface area contributed by atoms with Gasteiger partial charge in [-0.15, -0.1) is 0 Å². The fraction of sp³-hybridized carbons (Fsp3) is 0.455. The number of halogens is 1. The zero-order chi connectivity index (χ0) is 13.1. The van der Waals surface area contributed by atoms with Crippen LogP contribution in [0.3, 0.4) is 0 Å². The fourth-order valence-electron chi connectivity index (χ4n) is 2.01. The van der Waals surface area contributed by atoms with Crippen molar-refractivity contribution in [2.75, 3.05) is 24.6 Å². The molecule has 0 aliphatic carbocycles. The molecule has 0 amide bonds. The summed E-state index contributed by atoms with van der Waals surface area (Å²) < 4.78 is 24.5. The van der Waals surface area contributed by atoms with Gasteiger partial charge in [0.05, 0.1) is 0 Å². The van der Waals surface area contributed by atoms with Crippen LogP contribution in [0.5, 0.6) is 0 Å². The number of rotatable bonds is 3. The first-order valence-corrected chi connectivity index (χ1v) is 7.26. The molecule has 1 aromatic rings. The van der Waals surface area contributed by atoms with Crippen LogP contribution in [0.15, 0.2) is 18.2 Å². The molecule has 2 rings (SSSR count). The van der Waals surface area contributed by atoms with Gasteiger partial charge in [-0.25, -0.2) is 4.39 Å². The first kappa shape index (κ1) is 13.7. The third kappa shape index (κ3) is 3.62. The highest BCUT2D eigenvalue weighted by atomic mass is 32.2. The number of hydrogen-bond acceptors (Lipinski definition) is 4. The van der Waals surface area contributed by atoms with E-state index in [1.807, 2.05) is 0 Å². The predicted molar refractivity (Wildman–Crippen MR) is 69.4 cm³/mol. The van der Waals surface area contributed by atoms with Crippen molar-refractivity contribution in [1.29, 1.82) is 0 Å². The van der Waals surface area contributed by atoms with Gasteiger partial charge in [0.15, 0.2) is 0 Å². The predicted octanol–water partition coefficient (Wildman–Crippen LogP) is -0.930. The van der Waals surface area contributed by atoms with Crippen molar-refractivity contribution >= 4 is 23.4 Å². The molecule has 1 aliphatic heterocycles. The van der Waals surface area contributed by atoms with Crippen LogP contribution < -0.4 is 5.46 Å². The summed E-state index contributed by atoms with van der Waals surface area (Å²) in [5.41, 5.74) is 0.858. The first-order valence-electron chi connectivity index (χ1n) is 5.77. The monoisotopic (exact) mass is 271 g/mol. The minimum Gasteiger partial charge on any atom is -0.423 e. The molecule has 18 heavy (non-hydrogen) atoms. The van der Waals surface area contributed by atoms with E-state index in [4.69, 9.17) is 10.0 Å². The number of hydrogen-bond donors (Lipinski definition) is 2. The quantitative estimate of drug-likeness (QED) is 0.697. The topological polar surface area (TPSA) is 60.8 Å². The minimum absolute atomic E-state index is 0.158. The Morgan fingerprint density at radius 3 is 2.56 bits per heavy atom. The molecule has 1 aliphatic rings. The highest BCUT2D eigenvalue weighted by Gasteiger charge is 2.17. The SMILES string of the molecule is O=S1CCN(Cc2cc(F)cc(B(O)O)c2)CC1. The lowest BCUT2D eigenvalue weighted by Gasteiger charge is -2.26. The molecule has 0 spiro atoms. The van der Waals surface area contributed by atoms with Crippen LogP contribution in [0.25, 0.3) is 0 Å². The van der Waals surface area contributed by atoms with E-state index in [2.05, 4.69) is 4.90 Å². The molecular formula is C11H15BFNO3S. The van der Waals surface area contributed by atoms with Gasteiger partial charge in [0.2, 0.25) is 0 Å². The van der Waals surface area contributed by atoms with Crippen molar-refractivity contribution in [1.82, 2.24) is 4.90 Å². The lowest BCUT2D eigenvalue weighted by atomic mass is 9.79. The van der Waals surface area contributed by atoms with E-state index in [-0.39, 0.29) is 5.46 Å². The summed E-state index contributed by atoms with van der Waals surface area (Å²) in [6, 6.07) is 4.08. The van der Waals surface area contributed by atoms with Crippen LogP contribution in [0, 0.1) is 5.82 Å². The van der Waals surface area contributed by atoms with Gasteiger partial charge in [0.1, 0.15) is 5.82 Å². The molecule has 0 bridgehead atoms. The molecule has 0 unspecified atom stereocenters. The lowest BCUT2D eigenvalue weighted by molar-refractivity contribution is 0.291. The van der Waals surface area contributed by atoms with Crippen molar-refractivity contribution in [3.63, 3.8) is 0 Å². The number of nitrogens with zero attached hydrogens (tertiary/aromatic N) is 1. The Labute approximate surface area is 108 Å². The van der Waals surface area contributed by atoms with E-state index >= 15 is 0 Å². The smallest absolute Gasteiger partial charge is 0.423 e. The van der Waals surface area contributed by atoms with Gasteiger partial charge >= 0.3 is 7.12 Å². The summed E-state index contributed by atoms with van der Waals surface area (Å²) in [6.07, 6.45) is 0. The average Bonchev–Trinajstić information content (AvgIpc) is 2.31. The Kier molecular flexibility index (Phi) is 4.50. The van der Waals surface area contributed by atoms with E-state index in [0.29, 0.717) is 23.6 Å². The second-order valence-corrected chi connectivity index (χ2v) is 6.09. The van der Waals surface area contributed by atoms with Crippen LogP contribution >= 0.6 is 0 Å². The maximum Gasteiger partial charge on any atom is 0.488 e. The summed E-state index contributed by atoms with van der Waals surface area (Å²) in [5, 5.41) is 18.1. The molecule has 98 valence electrons. The molecule has 2 N–H and O–H groups in total. The van der Waals surface area contributed by atoms with Gasteiger partial charge in [0.25, 0.3) is 0 Å². The second kappa shape index (κ2) is 5.92. The Morgan fingerprint density at radius 1 is 1.28 bits per heavy atom. The Hall–Kier alpha value is -0.755. The highest BCUT2D eigenvalue weighted by molar-refractivity contribution is 7.85. The van der Waals surface area contributed by atoms with Gasteiger partial charge in [-0.05, 0) is 23.2 Å². The molecular weight excluding hydrogens is 256 g/mol. The van der Waals surface area contributed by atoms with Crippen molar-refractivity contribution < 1.29 is 18.6 Å². The highest BCUT2D eigenvalue weighted by Crippen LogP contribution is 2.09. The zero-order valence-electron chi connectivity index (χ0n) is 9.88. The summed E-state index contributed by atoms with van der Waals surface area (Å²) in [6.45, 7) is 1.98. The van der Waals surface area contributed by atoms with Crippen LogP contribution in [-0.4, -0.2) is 50.9 Å². The summed E-state index contributed by atoms with van der Waals surface area (Å²) in [5.74, 6) is 0.812. The standard InChI is InChI=1S/C11H15BFNO3S/c13-11-6-9(5-10(7-11)12(15)16)8-14-1-3-18(17)4-2-14/h5-7,15-16H,1-4,8H2. The molecule has 0 radical (unpaired) electrons. The van der Waals surface area contributed by atoms with E-state index in [1.54, 1.807) is 6.07 Å². The van der Waals surface area contributed by atoms with Crippen molar-refractivity contribution in [2.24, 2.45) is 0 Å². The normalized spacial score (nSPS) is 17.9. The van der Waals surface area contributed by atoms with Crippen LogP contribution in [-0.2, 0) is 17.3 Å². The largest absolute Gasteiger partial charge is 0.488 e. The third-order valence-electron chi connectivity index (χ3n) is 2.95. The van der Waals surface area contributed by atoms with Crippen molar-refractivity contribution in [3.8, 4) is 0 Å². The van der Waals surface area contributed by atoms with E-state index < -0.39 is 23.7 Å². The van der Waals surface area contributed by atoms with Crippen LogP contribution in [0.1, 0.15) is 5.56 Å². The molecule has 1 saturated heterocycles. The molecule has 1 fully saturated rings.